The Morgan fingerprint density at radius 3 is 1.54 bits per heavy atom. The van der Waals surface area contributed by atoms with Gasteiger partial charge < -0.3 is 9.97 Å². The normalized spacial score (nSPS) is 26.1. The van der Waals surface area contributed by atoms with E-state index in [1.165, 1.54) is 22.8 Å². The van der Waals surface area contributed by atoms with Gasteiger partial charge >= 0.3 is 0 Å². The minimum Gasteiger partial charge on any atom is -0.359 e. The van der Waals surface area contributed by atoms with Crippen LogP contribution in [-0.2, 0) is 12.8 Å². The average Bonchev–Trinajstić information content (AvgIpc) is 3.32. The van der Waals surface area contributed by atoms with Crippen molar-refractivity contribution < 1.29 is 0 Å². The molecule has 0 aromatic carbocycles. The summed E-state index contributed by atoms with van der Waals surface area (Å²) >= 11 is 0. The van der Waals surface area contributed by atoms with E-state index >= 15 is 0 Å². The molecule has 0 amide bonds. The number of nitrogens with one attached hydrogen (secondary N) is 2. The summed E-state index contributed by atoms with van der Waals surface area (Å²) in [5.74, 6) is 0. The minimum absolute atomic E-state index is 0.0686. The highest BCUT2D eigenvalue weighted by Crippen LogP contribution is 2.41. The van der Waals surface area contributed by atoms with Crippen LogP contribution in [0.5, 0.6) is 0 Å². The molecule has 0 unspecified atom stereocenters. The van der Waals surface area contributed by atoms with Gasteiger partial charge in [0, 0.05) is 69.3 Å². The fourth-order valence-corrected chi connectivity index (χ4v) is 4.61. The molecule has 4 nitrogen and oxygen atoms in total. The lowest BCUT2D eigenvalue weighted by molar-refractivity contribution is 0.486. The summed E-state index contributed by atoms with van der Waals surface area (Å²) < 4.78 is 0. The standard InChI is InChI=1S/C24H28N4/c1-23(2)13-19-9-15-6-8-18(26-15)12-22-24(3,4)14-20(28-22)10-16-5-7-17(25-16)11-21(23)27-19/h5-8,11-12,25-26H,9-10,13-14H2,1-4H3/b21-11-,22-12-. The van der Waals surface area contributed by atoms with Crippen molar-refractivity contribution in [2.24, 2.45) is 20.8 Å². The zero-order valence-corrected chi connectivity index (χ0v) is 17.2. The van der Waals surface area contributed by atoms with Gasteiger partial charge in [0.15, 0.2) is 0 Å². The first-order chi connectivity index (χ1) is 13.3. The summed E-state index contributed by atoms with van der Waals surface area (Å²) in [4.78, 5) is 17.1. The minimum atomic E-state index is 0.0686. The van der Waals surface area contributed by atoms with Crippen LogP contribution >= 0.6 is 0 Å². The molecule has 5 rings (SSSR count). The van der Waals surface area contributed by atoms with E-state index in [-0.39, 0.29) is 10.8 Å². The van der Waals surface area contributed by atoms with Crippen LogP contribution in [0.15, 0.2) is 45.6 Å². The van der Waals surface area contributed by atoms with E-state index in [1.807, 2.05) is 0 Å². The maximum atomic E-state index is 5.00. The zero-order chi connectivity index (χ0) is 19.5. The van der Waals surface area contributed by atoms with Crippen molar-refractivity contribution in [3.05, 3.63) is 58.4 Å². The van der Waals surface area contributed by atoms with Crippen LogP contribution in [0.4, 0.5) is 0 Å². The molecule has 8 bridgehead atoms. The van der Waals surface area contributed by atoms with Crippen molar-refractivity contribution in [3.63, 3.8) is 0 Å². The number of hydrogen-bond acceptors (Lipinski definition) is 2. The first-order valence-electron chi connectivity index (χ1n) is 10.2. The highest BCUT2D eigenvalue weighted by atomic mass is 14.9. The molecule has 0 aliphatic carbocycles. The Kier molecular flexibility index (Phi) is 3.71. The van der Waals surface area contributed by atoms with E-state index in [0.29, 0.717) is 0 Å². The first-order valence-corrected chi connectivity index (χ1v) is 10.2. The van der Waals surface area contributed by atoms with Gasteiger partial charge in [-0.25, -0.2) is 0 Å². The van der Waals surface area contributed by atoms with E-state index in [1.54, 1.807) is 0 Å². The third kappa shape index (κ3) is 3.11. The molecule has 4 heteroatoms. The molecular formula is C24H28N4. The van der Waals surface area contributed by atoms with Crippen LogP contribution in [0.1, 0.15) is 63.3 Å². The van der Waals surface area contributed by atoms with Crippen LogP contribution in [0.3, 0.4) is 0 Å². The maximum Gasteiger partial charge on any atom is 0.0483 e. The lowest BCUT2D eigenvalue weighted by Gasteiger charge is -2.18. The molecule has 3 aliphatic heterocycles. The summed E-state index contributed by atoms with van der Waals surface area (Å²) in [5, 5.41) is 0. The van der Waals surface area contributed by atoms with E-state index in [4.69, 9.17) is 9.98 Å². The number of aromatic nitrogens is 2. The lowest BCUT2D eigenvalue weighted by Crippen LogP contribution is -2.12. The molecule has 0 atom stereocenters. The summed E-state index contributed by atoms with van der Waals surface area (Å²) in [5.41, 5.74) is 9.66. The molecular weight excluding hydrogens is 344 g/mol. The topological polar surface area (TPSA) is 56.3 Å². The second-order valence-electron chi connectivity index (χ2n) is 9.77. The number of aliphatic imine (C=N–C) groups is 2. The Hall–Kier alpha value is -2.62. The van der Waals surface area contributed by atoms with Crippen molar-refractivity contribution in [3.8, 4) is 0 Å². The summed E-state index contributed by atoms with van der Waals surface area (Å²) in [6.45, 7) is 9.14. The molecule has 2 aromatic rings. The van der Waals surface area contributed by atoms with Gasteiger partial charge in [-0.3, -0.25) is 9.98 Å². The van der Waals surface area contributed by atoms with Gasteiger partial charge in [0.25, 0.3) is 0 Å². The van der Waals surface area contributed by atoms with Crippen molar-refractivity contribution in [2.75, 3.05) is 0 Å². The summed E-state index contributed by atoms with van der Waals surface area (Å²) in [7, 11) is 0. The number of nitrogens with zero attached hydrogens (tertiary/aromatic N) is 2. The van der Waals surface area contributed by atoms with E-state index < -0.39 is 0 Å². The van der Waals surface area contributed by atoms with Crippen LogP contribution in [-0.4, -0.2) is 21.4 Å². The molecule has 0 saturated carbocycles. The van der Waals surface area contributed by atoms with Crippen molar-refractivity contribution in [1.82, 2.24) is 9.97 Å². The Balaban J connectivity index is 1.61. The number of fused-ring (bicyclic) bond motifs is 6. The predicted octanol–water partition coefficient (Wildman–Crippen LogP) is 5.57. The van der Waals surface area contributed by atoms with Gasteiger partial charge in [0.05, 0.1) is 0 Å². The average molecular weight is 373 g/mol. The smallest absolute Gasteiger partial charge is 0.0483 e. The Morgan fingerprint density at radius 2 is 1.11 bits per heavy atom. The number of aromatic amines is 2. The summed E-state index contributed by atoms with van der Waals surface area (Å²) in [6.07, 6.45) is 8.18. The monoisotopic (exact) mass is 372 g/mol. The second kappa shape index (κ2) is 5.94. The molecule has 0 radical (unpaired) electrons. The number of rotatable bonds is 0. The zero-order valence-electron chi connectivity index (χ0n) is 17.2. The first kappa shape index (κ1) is 17.5. The SMILES string of the molecule is CC1(C)CC2=N/C1=C\c1ccc([nH]1)CC1=N/C(=C\c3ccc([nH]3)C2)C(C)(C)C1. The van der Waals surface area contributed by atoms with Gasteiger partial charge in [-0.05, 0) is 49.3 Å². The highest BCUT2D eigenvalue weighted by molar-refractivity contribution is 5.92. The molecule has 2 aromatic heterocycles. The van der Waals surface area contributed by atoms with E-state index in [2.05, 4.69) is 74.1 Å². The van der Waals surface area contributed by atoms with Crippen LogP contribution in [0, 0.1) is 10.8 Å². The molecule has 5 heterocycles. The van der Waals surface area contributed by atoms with E-state index in [9.17, 15) is 0 Å². The van der Waals surface area contributed by atoms with Gasteiger partial charge in [0.1, 0.15) is 0 Å². The van der Waals surface area contributed by atoms with Crippen LogP contribution < -0.4 is 0 Å². The quantitative estimate of drug-likeness (QED) is 0.608. The number of allylic oxidation sites excluding steroid dienone is 2. The largest absolute Gasteiger partial charge is 0.359 e. The Labute approximate surface area is 166 Å². The van der Waals surface area contributed by atoms with Gasteiger partial charge in [0.2, 0.25) is 0 Å². The fraction of sp³-hybridized carbons (Fsp3) is 0.417. The maximum absolute atomic E-state index is 5.00. The fourth-order valence-electron chi connectivity index (χ4n) is 4.61. The number of hydrogen-bond donors (Lipinski definition) is 2. The van der Waals surface area contributed by atoms with Gasteiger partial charge in [-0.2, -0.15) is 0 Å². The van der Waals surface area contributed by atoms with E-state index in [0.717, 1.165) is 48.5 Å². The molecule has 0 spiro atoms. The third-order valence-electron chi connectivity index (χ3n) is 6.15. The van der Waals surface area contributed by atoms with Crippen molar-refractivity contribution >= 4 is 23.6 Å². The highest BCUT2D eigenvalue weighted by Gasteiger charge is 2.33. The molecule has 2 N–H and O–H groups in total. The molecule has 3 aliphatic rings. The summed E-state index contributed by atoms with van der Waals surface area (Å²) in [6, 6.07) is 8.70. The second-order valence-corrected chi connectivity index (χ2v) is 9.77. The van der Waals surface area contributed by atoms with Crippen LogP contribution in [0.2, 0.25) is 0 Å². The molecule has 28 heavy (non-hydrogen) atoms. The molecule has 0 saturated heterocycles. The molecule has 0 fully saturated rings. The van der Waals surface area contributed by atoms with Crippen molar-refractivity contribution in [1.29, 1.82) is 0 Å². The Morgan fingerprint density at radius 1 is 0.679 bits per heavy atom. The lowest BCUT2D eigenvalue weighted by atomic mass is 9.85. The Bertz CT molecular complexity index is 980. The van der Waals surface area contributed by atoms with Gasteiger partial charge in [-0.1, -0.05) is 27.7 Å². The molecule has 144 valence electrons. The van der Waals surface area contributed by atoms with Gasteiger partial charge in [-0.15, -0.1) is 0 Å². The van der Waals surface area contributed by atoms with Crippen molar-refractivity contribution in [2.45, 2.75) is 53.4 Å². The number of H-pyrrole nitrogens is 2. The predicted molar refractivity (Wildman–Crippen MR) is 117 cm³/mol. The van der Waals surface area contributed by atoms with Crippen LogP contribution in [0.25, 0.3) is 12.2 Å². The third-order valence-corrected chi connectivity index (χ3v) is 6.15.